The Labute approximate surface area is 177 Å². The van der Waals surface area contributed by atoms with Gasteiger partial charge in [0.05, 0.1) is 5.57 Å². The highest BCUT2D eigenvalue weighted by Gasteiger charge is 2.14. The first-order valence-electron chi connectivity index (χ1n) is 9.53. The number of esters is 1. The lowest BCUT2D eigenvalue weighted by Crippen LogP contribution is -2.22. The highest BCUT2D eigenvalue weighted by atomic mass is 16.5. The molecule has 30 heavy (non-hydrogen) atoms. The zero-order chi connectivity index (χ0) is 22.4. The summed E-state index contributed by atoms with van der Waals surface area (Å²) in [6.45, 7) is 10.5. The number of allylic oxidation sites excluding steroid dienone is 6. The highest BCUT2D eigenvalue weighted by molar-refractivity contribution is 6.01. The minimum atomic E-state index is -0.673. The molecule has 1 N–H and O–H groups in total. The fourth-order valence-electron chi connectivity index (χ4n) is 2.30. The second-order valence-electron chi connectivity index (χ2n) is 6.04. The van der Waals surface area contributed by atoms with Gasteiger partial charge in [0.2, 0.25) is 0 Å². The Balaban J connectivity index is 2.90. The summed E-state index contributed by atoms with van der Waals surface area (Å²) in [6, 6.07) is 8.68. The molecule has 1 rings (SSSR count). The van der Waals surface area contributed by atoms with Crippen LogP contribution in [0.5, 0.6) is 0 Å². The van der Waals surface area contributed by atoms with Crippen LogP contribution in [0.4, 0.5) is 0 Å². The molecule has 5 nitrogen and oxygen atoms in total. The van der Waals surface area contributed by atoms with Crippen molar-refractivity contribution in [3.8, 4) is 0 Å². The first-order chi connectivity index (χ1) is 14.5. The fourth-order valence-corrected chi connectivity index (χ4v) is 2.30. The van der Waals surface area contributed by atoms with Gasteiger partial charge in [0.1, 0.15) is 0 Å². The van der Waals surface area contributed by atoms with E-state index in [-0.39, 0.29) is 17.3 Å². The number of rotatable bonds is 11. The van der Waals surface area contributed by atoms with Crippen LogP contribution in [-0.4, -0.2) is 24.3 Å². The summed E-state index contributed by atoms with van der Waals surface area (Å²) in [5.74, 6) is -1.36. The van der Waals surface area contributed by atoms with Crippen LogP contribution in [0, 0.1) is 0 Å². The molecule has 0 unspecified atom stereocenters. The molecule has 0 aliphatic carbocycles. The number of ether oxygens (including phenoxy) is 1. The van der Waals surface area contributed by atoms with Gasteiger partial charge in [-0.25, -0.2) is 4.79 Å². The molecule has 0 heterocycles. The zero-order valence-corrected chi connectivity index (χ0v) is 17.4. The fraction of sp³-hybridized carbons (Fsp3) is 0.160. The normalized spacial score (nSPS) is 12.4. The van der Waals surface area contributed by atoms with Gasteiger partial charge in [-0.2, -0.15) is 0 Å². The number of carbonyl (C=O) groups is 3. The lowest BCUT2D eigenvalue weighted by Gasteiger charge is -2.09. The summed E-state index contributed by atoms with van der Waals surface area (Å²) in [6.07, 6.45) is 11.6. The molecule has 1 amide bonds. The second-order valence-corrected chi connectivity index (χ2v) is 6.04. The SMILES string of the molecule is C=C/C(=C\C(=C/CC)C(=O)OCC(=O)/C(C=C)=C/C=C\C)NC(=O)c1ccccc1. The highest BCUT2D eigenvalue weighted by Crippen LogP contribution is 2.09. The van der Waals surface area contributed by atoms with E-state index < -0.39 is 12.6 Å². The van der Waals surface area contributed by atoms with E-state index in [9.17, 15) is 14.4 Å². The maximum absolute atomic E-state index is 12.5. The van der Waals surface area contributed by atoms with Crippen molar-refractivity contribution in [2.45, 2.75) is 20.3 Å². The van der Waals surface area contributed by atoms with Crippen molar-refractivity contribution in [1.29, 1.82) is 0 Å². The topological polar surface area (TPSA) is 72.5 Å². The van der Waals surface area contributed by atoms with Crippen molar-refractivity contribution in [3.05, 3.63) is 108 Å². The minimum Gasteiger partial charge on any atom is -0.454 e. The Morgan fingerprint density at radius 3 is 2.33 bits per heavy atom. The molecule has 0 bridgehead atoms. The quantitative estimate of drug-likeness (QED) is 0.331. The molecule has 0 aliphatic rings. The number of nitrogens with one attached hydrogen (secondary N) is 1. The van der Waals surface area contributed by atoms with Crippen molar-refractivity contribution >= 4 is 17.7 Å². The number of ketones is 1. The summed E-state index contributed by atoms with van der Waals surface area (Å²) in [7, 11) is 0. The van der Waals surface area contributed by atoms with Crippen LogP contribution in [0.25, 0.3) is 0 Å². The summed E-state index contributed by atoms with van der Waals surface area (Å²) < 4.78 is 5.16. The number of hydrogen-bond donors (Lipinski definition) is 1. The van der Waals surface area contributed by atoms with Gasteiger partial charge in [-0.3, -0.25) is 9.59 Å². The number of benzene rings is 1. The predicted octanol–water partition coefficient (Wildman–Crippen LogP) is 4.62. The first-order valence-corrected chi connectivity index (χ1v) is 9.53. The molecule has 5 heteroatoms. The predicted molar refractivity (Wildman–Crippen MR) is 120 cm³/mol. The third-order valence-corrected chi connectivity index (χ3v) is 3.83. The third kappa shape index (κ3) is 8.10. The van der Waals surface area contributed by atoms with Gasteiger partial charge in [-0.1, -0.05) is 68.7 Å². The van der Waals surface area contributed by atoms with Crippen LogP contribution in [0.2, 0.25) is 0 Å². The van der Waals surface area contributed by atoms with Crippen LogP contribution >= 0.6 is 0 Å². The molecule has 1 aromatic rings. The molecule has 0 aliphatic heterocycles. The van der Waals surface area contributed by atoms with Gasteiger partial charge in [0.15, 0.2) is 12.4 Å². The van der Waals surface area contributed by atoms with Gasteiger partial charge < -0.3 is 10.1 Å². The Morgan fingerprint density at radius 1 is 1.07 bits per heavy atom. The maximum atomic E-state index is 12.5. The van der Waals surface area contributed by atoms with E-state index in [1.165, 1.54) is 18.2 Å². The minimum absolute atomic E-state index is 0.214. The second kappa shape index (κ2) is 13.4. The van der Waals surface area contributed by atoms with Crippen LogP contribution < -0.4 is 5.32 Å². The molecular formula is C25H27NO4. The van der Waals surface area contributed by atoms with E-state index in [4.69, 9.17) is 4.74 Å². The number of amides is 1. The molecule has 0 atom stereocenters. The Bertz CT molecular complexity index is 902. The van der Waals surface area contributed by atoms with Crippen molar-refractivity contribution in [3.63, 3.8) is 0 Å². The van der Waals surface area contributed by atoms with Crippen LogP contribution in [0.3, 0.4) is 0 Å². The number of carbonyl (C=O) groups excluding carboxylic acids is 3. The Kier molecular flexibility index (Phi) is 10.9. The summed E-state index contributed by atoms with van der Waals surface area (Å²) in [4.78, 5) is 37.0. The van der Waals surface area contributed by atoms with Crippen LogP contribution in [0.1, 0.15) is 30.6 Å². The van der Waals surface area contributed by atoms with E-state index >= 15 is 0 Å². The van der Waals surface area contributed by atoms with Gasteiger partial charge in [0.25, 0.3) is 5.91 Å². The smallest absolute Gasteiger partial charge is 0.338 e. The zero-order valence-electron chi connectivity index (χ0n) is 17.4. The van der Waals surface area contributed by atoms with E-state index in [0.717, 1.165) is 0 Å². The average molecular weight is 405 g/mol. The lowest BCUT2D eigenvalue weighted by atomic mass is 10.1. The summed E-state index contributed by atoms with van der Waals surface area (Å²) >= 11 is 0. The van der Waals surface area contributed by atoms with E-state index in [2.05, 4.69) is 18.5 Å². The van der Waals surface area contributed by atoms with Crippen LogP contribution in [0.15, 0.2) is 103 Å². The molecule has 0 saturated heterocycles. The van der Waals surface area contributed by atoms with Gasteiger partial charge in [-0.05, 0) is 37.6 Å². The van der Waals surface area contributed by atoms with E-state index in [1.807, 2.05) is 19.9 Å². The molecule has 0 saturated carbocycles. The van der Waals surface area contributed by atoms with Crippen molar-refractivity contribution < 1.29 is 19.1 Å². The third-order valence-electron chi connectivity index (χ3n) is 3.83. The summed E-state index contributed by atoms with van der Waals surface area (Å²) in [5, 5.41) is 2.70. The molecule has 156 valence electrons. The molecule has 0 spiro atoms. The standard InChI is InChI=1S/C25H27NO4/c1-5-9-14-19(7-3)23(27)18-30-25(29)21(13-6-2)17-22(8-4)26-24(28)20-15-11-10-12-16-20/h5,7-17H,3-4,6,18H2,1-2H3,(H,26,28)/b9-5-,19-14+,21-13+,22-17+. The molecule has 1 aromatic carbocycles. The van der Waals surface area contributed by atoms with Gasteiger partial charge in [0, 0.05) is 16.8 Å². The average Bonchev–Trinajstić information content (AvgIpc) is 2.77. The largest absolute Gasteiger partial charge is 0.454 e. The van der Waals surface area contributed by atoms with Crippen molar-refractivity contribution in [2.24, 2.45) is 0 Å². The molecule has 0 aromatic heterocycles. The van der Waals surface area contributed by atoms with Crippen LogP contribution in [-0.2, 0) is 14.3 Å². The monoisotopic (exact) mass is 405 g/mol. The molecular weight excluding hydrogens is 378 g/mol. The lowest BCUT2D eigenvalue weighted by molar-refractivity contribution is -0.142. The van der Waals surface area contributed by atoms with E-state index in [1.54, 1.807) is 48.6 Å². The molecule has 0 fully saturated rings. The first kappa shape index (κ1) is 24.3. The molecule has 0 radical (unpaired) electrons. The van der Waals surface area contributed by atoms with Crippen molar-refractivity contribution in [2.75, 3.05) is 6.61 Å². The summed E-state index contributed by atoms with van der Waals surface area (Å²) in [5.41, 5.74) is 1.38. The van der Waals surface area contributed by atoms with E-state index in [0.29, 0.717) is 23.3 Å². The number of hydrogen-bond acceptors (Lipinski definition) is 4. The Morgan fingerprint density at radius 2 is 1.77 bits per heavy atom. The van der Waals surface area contributed by atoms with Gasteiger partial charge >= 0.3 is 5.97 Å². The van der Waals surface area contributed by atoms with Crippen molar-refractivity contribution in [1.82, 2.24) is 5.32 Å². The number of Topliss-reactive ketones (excluding diaryl/α,β-unsaturated/α-hetero) is 1. The van der Waals surface area contributed by atoms with Gasteiger partial charge in [-0.15, -0.1) is 0 Å². The maximum Gasteiger partial charge on any atom is 0.338 e. The Hall–Kier alpha value is -3.73.